The minimum absolute atomic E-state index is 0.00827. The normalized spacial score (nSPS) is 21.8. The first-order valence-corrected chi connectivity index (χ1v) is 7.79. The van der Waals surface area contributed by atoms with Crippen LogP contribution in [-0.4, -0.2) is 30.3 Å². The Bertz CT molecular complexity index is 461. The van der Waals surface area contributed by atoms with Crippen molar-refractivity contribution < 1.29 is 14.6 Å². The third-order valence-corrected chi connectivity index (χ3v) is 4.17. The summed E-state index contributed by atoms with van der Waals surface area (Å²) in [6, 6.07) is 7.91. The highest BCUT2D eigenvalue weighted by Gasteiger charge is 2.25. The predicted molar refractivity (Wildman–Crippen MR) is 82.3 cm³/mol. The quantitative estimate of drug-likeness (QED) is 0.846. The minimum Gasteiger partial charge on any atom is -0.493 e. The minimum atomic E-state index is 0.00827. The number of benzene rings is 1. The molecule has 21 heavy (non-hydrogen) atoms. The first-order valence-electron chi connectivity index (χ1n) is 7.79. The molecule has 0 saturated heterocycles. The van der Waals surface area contributed by atoms with Crippen molar-refractivity contribution in [1.82, 2.24) is 5.32 Å². The lowest BCUT2D eigenvalue weighted by Crippen LogP contribution is -2.43. The summed E-state index contributed by atoms with van der Waals surface area (Å²) in [5.41, 5.74) is 1.07. The Labute approximate surface area is 126 Å². The second-order valence-electron chi connectivity index (χ2n) is 5.77. The van der Waals surface area contributed by atoms with E-state index in [9.17, 15) is 9.90 Å². The first-order chi connectivity index (χ1) is 10.2. The molecule has 2 atom stereocenters. The van der Waals surface area contributed by atoms with Gasteiger partial charge < -0.3 is 15.2 Å². The molecule has 0 radical (unpaired) electrons. The molecule has 1 saturated carbocycles. The summed E-state index contributed by atoms with van der Waals surface area (Å²) < 4.78 is 5.64. The molecule has 2 rings (SSSR count). The predicted octanol–water partition coefficient (Wildman–Crippen LogP) is 2.43. The van der Waals surface area contributed by atoms with Crippen LogP contribution in [0.4, 0.5) is 0 Å². The van der Waals surface area contributed by atoms with Crippen LogP contribution in [-0.2, 0) is 4.79 Å². The molecule has 1 fully saturated rings. The number of aliphatic hydroxyl groups excluding tert-OH is 1. The third-order valence-electron chi connectivity index (χ3n) is 4.17. The van der Waals surface area contributed by atoms with Gasteiger partial charge in [-0.05, 0) is 31.4 Å². The molecule has 4 heteroatoms. The highest BCUT2D eigenvalue weighted by Crippen LogP contribution is 2.24. The second kappa shape index (κ2) is 8.03. The van der Waals surface area contributed by atoms with E-state index in [4.69, 9.17) is 4.74 Å². The summed E-state index contributed by atoms with van der Waals surface area (Å²) in [4.78, 5) is 12.0. The van der Waals surface area contributed by atoms with Crippen molar-refractivity contribution in [2.24, 2.45) is 5.92 Å². The van der Waals surface area contributed by atoms with Gasteiger partial charge in [0.25, 0.3) is 0 Å². The van der Waals surface area contributed by atoms with E-state index in [1.807, 2.05) is 31.2 Å². The summed E-state index contributed by atoms with van der Waals surface area (Å²) in [7, 11) is 0. The van der Waals surface area contributed by atoms with Crippen LogP contribution in [0.3, 0.4) is 0 Å². The zero-order valence-corrected chi connectivity index (χ0v) is 12.7. The molecule has 1 aliphatic rings. The topological polar surface area (TPSA) is 58.6 Å². The van der Waals surface area contributed by atoms with E-state index in [1.54, 1.807) is 0 Å². The summed E-state index contributed by atoms with van der Waals surface area (Å²) in [6.07, 6.45) is 4.59. The van der Waals surface area contributed by atoms with E-state index in [0.717, 1.165) is 37.0 Å². The molecular formula is C17H25NO3. The van der Waals surface area contributed by atoms with Crippen molar-refractivity contribution in [3.63, 3.8) is 0 Å². The van der Waals surface area contributed by atoms with Crippen LogP contribution < -0.4 is 10.1 Å². The Morgan fingerprint density at radius 3 is 2.86 bits per heavy atom. The Morgan fingerprint density at radius 1 is 1.33 bits per heavy atom. The third kappa shape index (κ3) is 4.74. The zero-order chi connectivity index (χ0) is 15.1. The van der Waals surface area contributed by atoms with Crippen molar-refractivity contribution >= 4 is 5.91 Å². The van der Waals surface area contributed by atoms with Crippen molar-refractivity contribution in [2.75, 3.05) is 13.2 Å². The fourth-order valence-corrected chi connectivity index (χ4v) is 2.87. The average Bonchev–Trinajstić information content (AvgIpc) is 2.50. The number of amides is 1. The highest BCUT2D eigenvalue weighted by atomic mass is 16.5. The van der Waals surface area contributed by atoms with E-state index in [0.29, 0.717) is 13.0 Å². The zero-order valence-electron chi connectivity index (χ0n) is 12.7. The van der Waals surface area contributed by atoms with E-state index < -0.39 is 0 Å². The Morgan fingerprint density at radius 2 is 2.10 bits per heavy atom. The van der Waals surface area contributed by atoms with Crippen LogP contribution >= 0.6 is 0 Å². The molecule has 1 amide bonds. The molecular weight excluding hydrogens is 266 g/mol. The van der Waals surface area contributed by atoms with Crippen LogP contribution in [0, 0.1) is 12.8 Å². The molecule has 1 aromatic rings. The SMILES string of the molecule is Cc1ccccc1OCCC(=O)NC1CCCCC1CO. The monoisotopic (exact) mass is 291 g/mol. The van der Waals surface area contributed by atoms with Gasteiger partial charge in [-0.3, -0.25) is 4.79 Å². The Balaban J connectivity index is 1.73. The molecule has 116 valence electrons. The van der Waals surface area contributed by atoms with E-state index in [-0.39, 0.29) is 24.5 Å². The number of hydrogen-bond acceptors (Lipinski definition) is 3. The second-order valence-corrected chi connectivity index (χ2v) is 5.77. The van der Waals surface area contributed by atoms with Gasteiger partial charge in [0, 0.05) is 18.6 Å². The van der Waals surface area contributed by atoms with Gasteiger partial charge >= 0.3 is 0 Å². The summed E-state index contributed by atoms with van der Waals surface area (Å²) in [5, 5.41) is 12.4. The molecule has 0 bridgehead atoms. The molecule has 0 aromatic heterocycles. The summed E-state index contributed by atoms with van der Waals surface area (Å²) in [6.45, 7) is 2.53. The maximum atomic E-state index is 12.0. The standard InChI is InChI=1S/C17H25NO3/c1-13-6-2-5-9-16(13)21-11-10-17(20)18-15-8-4-3-7-14(15)12-19/h2,5-6,9,14-15,19H,3-4,7-8,10-12H2,1H3,(H,18,20). The van der Waals surface area contributed by atoms with Gasteiger partial charge in [0.15, 0.2) is 0 Å². The number of para-hydroxylation sites is 1. The van der Waals surface area contributed by atoms with E-state index >= 15 is 0 Å². The molecule has 1 aromatic carbocycles. The highest BCUT2D eigenvalue weighted by molar-refractivity contribution is 5.76. The first kappa shape index (κ1) is 15.8. The van der Waals surface area contributed by atoms with Gasteiger partial charge in [0.1, 0.15) is 5.75 Å². The summed E-state index contributed by atoms with van der Waals surface area (Å²) in [5.74, 6) is 1.05. The molecule has 0 aliphatic heterocycles. The lowest BCUT2D eigenvalue weighted by Gasteiger charge is -2.30. The number of aliphatic hydroxyl groups is 1. The van der Waals surface area contributed by atoms with Crippen LogP contribution in [0.5, 0.6) is 5.75 Å². The maximum Gasteiger partial charge on any atom is 0.223 e. The molecule has 2 unspecified atom stereocenters. The largest absolute Gasteiger partial charge is 0.493 e. The lowest BCUT2D eigenvalue weighted by atomic mass is 9.85. The van der Waals surface area contributed by atoms with Crippen molar-refractivity contribution in [2.45, 2.75) is 45.1 Å². The fourth-order valence-electron chi connectivity index (χ4n) is 2.87. The average molecular weight is 291 g/mol. The van der Waals surface area contributed by atoms with Gasteiger partial charge in [-0.2, -0.15) is 0 Å². The number of nitrogens with one attached hydrogen (secondary N) is 1. The van der Waals surface area contributed by atoms with Crippen molar-refractivity contribution in [3.8, 4) is 5.75 Å². The van der Waals surface area contributed by atoms with Gasteiger partial charge in [0.05, 0.1) is 13.0 Å². The van der Waals surface area contributed by atoms with Crippen molar-refractivity contribution in [1.29, 1.82) is 0 Å². The van der Waals surface area contributed by atoms with Crippen LogP contribution in [0.15, 0.2) is 24.3 Å². The van der Waals surface area contributed by atoms with Gasteiger partial charge in [-0.15, -0.1) is 0 Å². The maximum absolute atomic E-state index is 12.0. The van der Waals surface area contributed by atoms with E-state index in [1.165, 1.54) is 0 Å². The van der Waals surface area contributed by atoms with Crippen LogP contribution in [0.2, 0.25) is 0 Å². The molecule has 4 nitrogen and oxygen atoms in total. The van der Waals surface area contributed by atoms with Crippen molar-refractivity contribution in [3.05, 3.63) is 29.8 Å². The number of rotatable bonds is 6. The van der Waals surface area contributed by atoms with Crippen LogP contribution in [0.25, 0.3) is 0 Å². The number of aryl methyl sites for hydroxylation is 1. The van der Waals surface area contributed by atoms with Gasteiger partial charge in [0.2, 0.25) is 5.91 Å². The molecule has 2 N–H and O–H groups in total. The van der Waals surface area contributed by atoms with E-state index in [2.05, 4.69) is 5.32 Å². The number of hydrogen-bond donors (Lipinski definition) is 2. The van der Waals surface area contributed by atoms with Gasteiger partial charge in [-0.1, -0.05) is 31.0 Å². The number of carbonyl (C=O) groups excluding carboxylic acids is 1. The summed E-state index contributed by atoms with van der Waals surface area (Å²) >= 11 is 0. The van der Waals surface area contributed by atoms with Crippen LogP contribution in [0.1, 0.15) is 37.7 Å². The molecule has 0 heterocycles. The fraction of sp³-hybridized carbons (Fsp3) is 0.588. The lowest BCUT2D eigenvalue weighted by molar-refractivity contribution is -0.123. The number of ether oxygens (including phenoxy) is 1. The smallest absolute Gasteiger partial charge is 0.223 e. The Kier molecular flexibility index (Phi) is 6.05. The molecule has 1 aliphatic carbocycles. The van der Waals surface area contributed by atoms with Gasteiger partial charge in [-0.25, -0.2) is 0 Å². The Hall–Kier alpha value is -1.55. The molecule has 0 spiro atoms. The number of carbonyl (C=O) groups is 1.